The molecule has 144 valence electrons. The summed E-state index contributed by atoms with van der Waals surface area (Å²) in [7, 11) is 0. The zero-order valence-electron chi connectivity index (χ0n) is 15.4. The number of benzene rings is 1. The molecular weight excluding hydrogens is 364 g/mol. The van der Waals surface area contributed by atoms with E-state index in [0.717, 1.165) is 5.69 Å². The summed E-state index contributed by atoms with van der Waals surface area (Å²) in [6.07, 6.45) is 0. The summed E-state index contributed by atoms with van der Waals surface area (Å²) in [6.45, 7) is 5.94. The van der Waals surface area contributed by atoms with Crippen LogP contribution in [0.4, 0.5) is 0 Å². The highest BCUT2D eigenvalue weighted by atomic mass is 32.1. The van der Waals surface area contributed by atoms with Crippen molar-refractivity contribution in [3.05, 3.63) is 46.4 Å². The quantitative estimate of drug-likeness (QED) is 0.780. The standard InChI is InChI=1S/C19H24N4O3S/c1-2-20-18(24)11-22-6-8-23(9-7-22)19(25)15-4-3-5-17(10-15)26-12-16-13-27-14-21-16/h3-5,10,13-14H,2,6-9,11-12H2,1H3,(H,20,24). The molecule has 8 heteroatoms. The number of piperazine rings is 1. The van der Waals surface area contributed by atoms with Crippen molar-refractivity contribution >= 4 is 23.2 Å². The highest BCUT2D eigenvalue weighted by Crippen LogP contribution is 2.17. The molecule has 1 aliphatic heterocycles. The molecule has 0 radical (unpaired) electrons. The molecule has 2 heterocycles. The van der Waals surface area contributed by atoms with E-state index in [4.69, 9.17) is 4.74 Å². The van der Waals surface area contributed by atoms with E-state index < -0.39 is 0 Å². The second kappa shape index (κ2) is 9.48. The van der Waals surface area contributed by atoms with Crippen LogP contribution in [0.2, 0.25) is 0 Å². The SMILES string of the molecule is CCNC(=O)CN1CCN(C(=O)c2cccc(OCc3cscn3)c2)CC1. The largest absolute Gasteiger partial charge is 0.487 e. The van der Waals surface area contributed by atoms with Crippen molar-refractivity contribution in [1.82, 2.24) is 20.1 Å². The molecule has 1 saturated heterocycles. The number of amides is 2. The van der Waals surface area contributed by atoms with Crippen molar-refractivity contribution in [3.8, 4) is 5.75 Å². The lowest BCUT2D eigenvalue weighted by atomic mass is 10.1. The predicted octanol–water partition coefficient (Wildman–Crippen LogP) is 1.62. The minimum atomic E-state index is -0.00762. The third-order valence-corrected chi connectivity index (χ3v) is 4.99. The van der Waals surface area contributed by atoms with Crippen LogP contribution in [0.15, 0.2) is 35.2 Å². The molecule has 1 aromatic heterocycles. The van der Waals surface area contributed by atoms with Gasteiger partial charge in [-0.1, -0.05) is 6.07 Å². The number of carbonyl (C=O) groups excluding carboxylic acids is 2. The normalized spacial score (nSPS) is 14.8. The maximum atomic E-state index is 12.8. The third-order valence-electron chi connectivity index (χ3n) is 4.35. The first-order chi connectivity index (χ1) is 13.2. The van der Waals surface area contributed by atoms with E-state index in [1.165, 1.54) is 11.3 Å². The van der Waals surface area contributed by atoms with Crippen LogP contribution < -0.4 is 10.1 Å². The molecular formula is C19H24N4O3S. The molecule has 0 aliphatic carbocycles. The Morgan fingerprint density at radius 3 is 2.78 bits per heavy atom. The highest BCUT2D eigenvalue weighted by Gasteiger charge is 2.23. The van der Waals surface area contributed by atoms with Gasteiger partial charge in [0, 0.05) is 43.7 Å². The van der Waals surface area contributed by atoms with Gasteiger partial charge in [-0.3, -0.25) is 14.5 Å². The monoisotopic (exact) mass is 388 g/mol. The molecule has 1 fully saturated rings. The number of carbonyl (C=O) groups is 2. The smallest absolute Gasteiger partial charge is 0.254 e. The van der Waals surface area contributed by atoms with E-state index in [0.29, 0.717) is 57.2 Å². The molecule has 0 spiro atoms. The number of nitrogens with one attached hydrogen (secondary N) is 1. The van der Waals surface area contributed by atoms with Crippen LogP contribution in [0.1, 0.15) is 23.0 Å². The van der Waals surface area contributed by atoms with Gasteiger partial charge in [0.25, 0.3) is 5.91 Å². The minimum absolute atomic E-state index is 0.00762. The minimum Gasteiger partial charge on any atom is -0.487 e. The van der Waals surface area contributed by atoms with Crippen LogP contribution in [0.3, 0.4) is 0 Å². The average molecular weight is 388 g/mol. The van der Waals surface area contributed by atoms with Gasteiger partial charge >= 0.3 is 0 Å². The van der Waals surface area contributed by atoms with Gasteiger partial charge in [0.2, 0.25) is 5.91 Å². The second-order valence-electron chi connectivity index (χ2n) is 6.32. The third kappa shape index (κ3) is 5.51. The van der Waals surface area contributed by atoms with Crippen LogP contribution in [0.5, 0.6) is 5.75 Å². The molecule has 27 heavy (non-hydrogen) atoms. The summed E-state index contributed by atoms with van der Waals surface area (Å²) in [4.78, 5) is 32.5. The van der Waals surface area contributed by atoms with Gasteiger partial charge in [-0.2, -0.15) is 0 Å². The average Bonchev–Trinajstić information content (AvgIpc) is 3.20. The summed E-state index contributed by atoms with van der Waals surface area (Å²) in [6, 6.07) is 7.25. The van der Waals surface area contributed by atoms with Gasteiger partial charge in [-0.25, -0.2) is 4.98 Å². The molecule has 2 amide bonds. The molecule has 0 bridgehead atoms. The topological polar surface area (TPSA) is 74.8 Å². The zero-order chi connectivity index (χ0) is 19.1. The molecule has 1 N–H and O–H groups in total. The maximum Gasteiger partial charge on any atom is 0.254 e. The van der Waals surface area contributed by atoms with Gasteiger partial charge in [-0.05, 0) is 25.1 Å². The first kappa shape index (κ1) is 19.3. The molecule has 0 atom stereocenters. The lowest BCUT2D eigenvalue weighted by Crippen LogP contribution is -2.51. The fourth-order valence-electron chi connectivity index (χ4n) is 2.93. The van der Waals surface area contributed by atoms with Crippen molar-refractivity contribution in [1.29, 1.82) is 0 Å². The van der Waals surface area contributed by atoms with Gasteiger partial charge < -0.3 is 15.0 Å². The molecule has 1 aliphatic rings. The summed E-state index contributed by atoms with van der Waals surface area (Å²) < 4.78 is 5.73. The van der Waals surface area contributed by atoms with Crippen LogP contribution in [-0.4, -0.2) is 65.9 Å². The number of thiazole rings is 1. The van der Waals surface area contributed by atoms with Gasteiger partial charge in [0.15, 0.2) is 0 Å². The number of rotatable bonds is 7. The van der Waals surface area contributed by atoms with Crippen LogP contribution in [0.25, 0.3) is 0 Å². The Morgan fingerprint density at radius 2 is 2.07 bits per heavy atom. The Morgan fingerprint density at radius 1 is 1.26 bits per heavy atom. The molecule has 3 rings (SSSR count). The van der Waals surface area contributed by atoms with E-state index in [2.05, 4.69) is 15.2 Å². The number of nitrogens with zero attached hydrogens (tertiary/aromatic N) is 3. The van der Waals surface area contributed by atoms with Crippen molar-refractivity contribution in [2.75, 3.05) is 39.3 Å². The molecule has 0 unspecified atom stereocenters. The Hall–Kier alpha value is -2.45. The van der Waals surface area contributed by atoms with E-state index >= 15 is 0 Å². The van der Waals surface area contributed by atoms with E-state index in [9.17, 15) is 9.59 Å². The molecule has 1 aromatic carbocycles. The van der Waals surface area contributed by atoms with Gasteiger partial charge in [0.1, 0.15) is 12.4 Å². The molecule has 7 nitrogen and oxygen atoms in total. The lowest BCUT2D eigenvalue weighted by molar-refractivity contribution is -0.122. The van der Waals surface area contributed by atoms with Crippen molar-refractivity contribution in [3.63, 3.8) is 0 Å². The fraction of sp³-hybridized carbons (Fsp3) is 0.421. The fourth-order valence-corrected chi connectivity index (χ4v) is 3.48. The summed E-state index contributed by atoms with van der Waals surface area (Å²) in [5.74, 6) is 0.678. The van der Waals surface area contributed by atoms with Gasteiger partial charge in [-0.15, -0.1) is 11.3 Å². The lowest BCUT2D eigenvalue weighted by Gasteiger charge is -2.34. The highest BCUT2D eigenvalue weighted by molar-refractivity contribution is 7.07. The van der Waals surface area contributed by atoms with E-state index in [-0.39, 0.29) is 11.8 Å². The predicted molar refractivity (Wildman–Crippen MR) is 104 cm³/mol. The summed E-state index contributed by atoms with van der Waals surface area (Å²) in [5, 5.41) is 4.74. The Balaban J connectivity index is 1.52. The van der Waals surface area contributed by atoms with Crippen molar-refractivity contribution in [2.45, 2.75) is 13.5 Å². The van der Waals surface area contributed by atoms with E-state index in [1.807, 2.05) is 29.3 Å². The number of likely N-dealkylation sites (N-methyl/N-ethyl adjacent to an activating group) is 1. The summed E-state index contributed by atoms with van der Waals surface area (Å²) >= 11 is 1.53. The number of hydrogen-bond acceptors (Lipinski definition) is 6. The Bertz CT molecular complexity index is 758. The first-order valence-electron chi connectivity index (χ1n) is 9.04. The van der Waals surface area contributed by atoms with Crippen LogP contribution in [0, 0.1) is 0 Å². The summed E-state index contributed by atoms with van der Waals surface area (Å²) in [5.41, 5.74) is 3.26. The number of ether oxygens (including phenoxy) is 1. The molecule has 2 aromatic rings. The van der Waals surface area contributed by atoms with Gasteiger partial charge in [0.05, 0.1) is 17.7 Å². The number of hydrogen-bond donors (Lipinski definition) is 1. The van der Waals surface area contributed by atoms with Crippen LogP contribution >= 0.6 is 11.3 Å². The van der Waals surface area contributed by atoms with Crippen LogP contribution in [-0.2, 0) is 11.4 Å². The Labute approximate surface area is 162 Å². The van der Waals surface area contributed by atoms with E-state index in [1.54, 1.807) is 17.6 Å². The molecule has 0 saturated carbocycles. The number of aromatic nitrogens is 1. The maximum absolute atomic E-state index is 12.8. The first-order valence-corrected chi connectivity index (χ1v) is 9.98. The van der Waals surface area contributed by atoms with Crippen molar-refractivity contribution in [2.24, 2.45) is 0 Å². The zero-order valence-corrected chi connectivity index (χ0v) is 16.2. The van der Waals surface area contributed by atoms with Crippen molar-refractivity contribution < 1.29 is 14.3 Å². The second-order valence-corrected chi connectivity index (χ2v) is 7.04. The Kier molecular flexibility index (Phi) is 6.78.